The highest BCUT2D eigenvalue weighted by Gasteiger charge is 2.29. The number of nitrogens with one attached hydrogen (secondary N) is 1. The summed E-state index contributed by atoms with van der Waals surface area (Å²) in [4.78, 5) is 25.2. The van der Waals surface area contributed by atoms with Crippen molar-refractivity contribution in [2.24, 2.45) is 0 Å². The van der Waals surface area contributed by atoms with Crippen molar-refractivity contribution in [1.82, 2.24) is 14.5 Å². The van der Waals surface area contributed by atoms with E-state index < -0.39 is 10.0 Å². The lowest BCUT2D eigenvalue weighted by Gasteiger charge is -2.33. The molecule has 0 aliphatic carbocycles. The maximum absolute atomic E-state index is 12.8. The Balaban J connectivity index is 2.11. The van der Waals surface area contributed by atoms with Crippen molar-refractivity contribution in [3.05, 3.63) is 29.8 Å². The SMILES string of the molecule is CCCCNC(=O)c1cccc(S(=O)(=O)N2CCN(C(C)=O)CC2)c1. The summed E-state index contributed by atoms with van der Waals surface area (Å²) < 4.78 is 26.9. The van der Waals surface area contributed by atoms with Gasteiger partial charge in [-0.25, -0.2) is 8.42 Å². The van der Waals surface area contributed by atoms with Gasteiger partial charge in [0.05, 0.1) is 4.90 Å². The number of unbranched alkanes of at least 4 members (excludes halogenated alkanes) is 1. The van der Waals surface area contributed by atoms with Crippen molar-refractivity contribution in [2.75, 3.05) is 32.7 Å². The molecule has 0 spiro atoms. The minimum atomic E-state index is -3.68. The van der Waals surface area contributed by atoms with Crippen molar-refractivity contribution in [3.63, 3.8) is 0 Å². The Labute approximate surface area is 149 Å². The summed E-state index contributed by atoms with van der Waals surface area (Å²) in [7, 11) is -3.68. The van der Waals surface area contributed by atoms with E-state index in [4.69, 9.17) is 0 Å². The highest BCUT2D eigenvalue weighted by molar-refractivity contribution is 7.89. The molecule has 2 amide bonds. The van der Waals surface area contributed by atoms with Crippen LogP contribution in [-0.4, -0.2) is 62.2 Å². The van der Waals surface area contributed by atoms with Crippen LogP contribution in [0.5, 0.6) is 0 Å². The van der Waals surface area contributed by atoms with Crippen molar-refractivity contribution < 1.29 is 18.0 Å². The molecule has 0 aromatic heterocycles. The van der Waals surface area contributed by atoms with Crippen LogP contribution in [0.15, 0.2) is 29.2 Å². The zero-order valence-corrected chi connectivity index (χ0v) is 15.5. The largest absolute Gasteiger partial charge is 0.352 e. The average molecular weight is 367 g/mol. The van der Waals surface area contributed by atoms with E-state index in [1.165, 1.54) is 23.4 Å². The van der Waals surface area contributed by atoms with Gasteiger partial charge in [0.15, 0.2) is 0 Å². The molecule has 25 heavy (non-hydrogen) atoms. The number of piperazine rings is 1. The molecule has 2 rings (SSSR count). The molecule has 1 aromatic carbocycles. The maximum Gasteiger partial charge on any atom is 0.251 e. The summed E-state index contributed by atoms with van der Waals surface area (Å²) >= 11 is 0. The van der Waals surface area contributed by atoms with Gasteiger partial charge >= 0.3 is 0 Å². The minimum Gasteiger partial charge on any atom is -0.352 e. The molecule has 1 fully saturated rings. The summed E-state index contributed by atoms with van der Waals surface area (Å²) in [5.74, 6) is -0.324. The van der Waals surface area contributed by atoms with Gasteiger partial charge in [-0.05, 0) is 24.6 Å². The van der Waals surface area contributed by atoms with Crippen LogP contribution in [-0.2, 0) is 14.8 Å². The van der Waals surface area contributed by atoms with Crippen LogP contribution in [0.25, 0.3) is 0 Å². The van der Waals surface area contributed by atoms with Crippen LogP contribution in [0.2, 0.25) is 0 Å². The number of hydrogen-bond acceptors (Lipinski definition) is 4. The molecule has 138 valence electrons. The molecule has 1 heterocycles. The molecule has 1 aliphatic rings. The van der Waals surface area contributed by atoms with E-state index in [-0.39, 0.29) is 29.8 Å². The van der Waals surface area contributed by atoms with Crippen molar-refractivity contribution in [2.45, 2.75) is 31.6 Å². The van der Waals surface area contributed by atoms with Crippen LogP contribution >= 0.6 is 0 Å². The second-order valence-electron chi connectivity index (χ2n) is 6.05. The van der Waals surface area contributed by atoms with Crippen LogP contribution in [0, 0.1) is 0 Å². The van der Waals surface area contributed by atoms with Gasteiger partial charge in [0, 0.05) is 45.2 Å². The number of nitrogens with zero attached hydrogens (tertiary/aromatic N) is 2. The molecule has 1 N–H and O–H groups in total. The lowest BCUT2D eigenvalue weighted by molar-refractivity contribution is -0.129. The van der Waals surface area contributed by atoms with E-state index in [0.717, 1.165) is 12.8 Å². The Bertz CT molecular complexity index is 725. The molecule has 8 heteroatoms. The highest BCUT2D eigenvalue weighted by atomic mass is 32.2. The Morgan fingerprint density at radius 1 is 1.16 bits per heavy atom. The van der Waals surface area contributed by atoms with Crippen LogP contribution in [0.4, 0.5) is 0 Å². The van der Waals surface area contributed by atoms with E-state index in [9.17, 15) is 18.0 Å². The number of carbonyl (C=O) groups excluding carboxylic acids is 2. The monoisotopic (exact) mass is 367 g/mol. The summed E-state index contributed by atoms with van der Waals surface area (Å²) in [5.41, 5.74) is 0.333. The number of rotatable bonds is 6. The smallest absolute Gasteiger partial charge is 0.251 e. The number of sulfonamides is 1. The Morgan fingerprint density at radius 2 is 1.84 bits per heavy atom. The average Bonchev–Trinajstić information content (AvgIpc) is 2.62. The summed E-state index contributed by atoms with van der Waals surface area (Å²) in [5, 5.41) is 2.78. The number of benzene rings is 1. The molecule has 1 saturated heterocycles. The lowest BCUT2D eigenvalue weighted by atomic mass is 10.2. The third kappa shape index (κ3) is 4.79. The molecule has 0 radical (unpaired) electrons. The molecule has 0 bridgehead atoms. The quantitative estimate of drug-likeness (QED) is 0.762. The zero-order chi connectivity index (χ0) is 18.4. The molecule has 1 aromatic rings. The first-order valence-electron chi connectivity index (χ1n) is 8.50. The van der Waals surface area contributed by atoms with Crippen molar-refractivity contribution in [3.8, 4) is 0 Å². The van der Waals surface area contributed by atoms with E-state index >= 15 is 0 Å². The molecule has 0 unspecified atom stereocenters. The lowest BCUT2D eigenvalue weighted by Crippen LogP contribution is -2.49. The number of hydrogen-bond donors (Lipinski definition) is 1. The number of amides is 2. The Hall–Kier alpha value is -1.93. The first kappa shape index (κ1) is 19.4. The standard InChI is InChI=1S/C17H25N3O4S/c1-3-4-8-18-17(22)15-6-5-7-16(13-15)25(23,24)20-11-9-19(10-12-20)14(2)21/h5-7,13H,3-4,8-12H2,1-2H3,(H,18,22). The van der Waals surface area contributed by atoms with Gasteiger partial charge in [0.1, 0.15) is 0 Å². The van der Waals surface area contributed by atoms with Gasteiger partial charge in [-0.1, -0.05) is 19.4 Å². The second-order valence-corrected chi connectivity index (χ2v) is 7.99. The highest BCUT2D eigenvalue weighted by Crippen LogP contribution is 2.19. The topological polar surface area (TPSA) is 86.8 Å². The van der Waals surface area contributed by atoms with Gasteiger partial charge in [-0.3, -0.25) is 9.59 Å². The minimum absolute atomic E-state index is 0.0530. The third-order valence-electron chi connectivity index (χ3n) is 4.23. The maximum atomic E-state index is 12.8. The fourth-order valence-corrected chi connectivity index (χ4v) is 4.14. The summed E-state index contributed by atoms with van der Waals surface area (Å²) in [6.07, 6.45) is 1.85. The molecule has 0 saturated carbocycles. The van der Waals surface area contributed by atoms with Gasteiger partial charge in [-0.15, -0.1) is 0 Å². The van der Waals surface area contributed by atoms with Crippen molar-refractivity contribution >= 4 is 21.8 Å². The predicted octanol–water partition coefficient (Wildman–Crippen LogP) is 1.07. The van der Waals surface area contributed by atoms with Gasteiger partial charge in [-0.2, -0.15) is 4.31 Å². The summed E-state index contributed by atoms with van der Waals surface area (Å²) in [6.45, 7) is 5.36. The van der Waals surface area contributed by atoms with Crippen LogP contribution in [0.1, 0.15) is 37.0 Å². The van der Waals surface area contributed by atoms with E-state index in [1.54, 1.807) is 17.0 Å². The fourth-order valence-electron chi connectivity index (χ4n) is 2.67. The Kier molecular flexibility index (Phi) is 6.55. The normalized spacial score (nSPS) is 15.8. The molecule has 0 atom stereocenters. The Morgan fingerprint density at radius 3 is 2.44 bits per heavy atom. The molecule has 1 aliphatic heterocycles. The fraction of sp³-hybridized carbons (Fsp3) is 0.529. The van der Waals surface area contributed by atoms with Gasteiger partial charge in [0.25, 0.3) is 5.91 Å². The first-order valence-corrected chi connectivity index (χ1v) is 9.94. The van der Waals surface area contributed by atoms with Crippen LogP contribution in [0.3, 0.4) is 0 Å². The van der Waals surface area contributed by atoms with E-state index in [2.05, 4.69) is 5.32 Å². The summed E-state index contributed by atoms with van der Waals surface area (Å²) in [6, 6.07) is 6.09. The third-order valence-corrected chi connectivity index (χ3v) is 6.13. The molecule has 7 nitrogen and oxygen atoms in total. The van der Waals surface area contributed by atoms with E-state index in [1.807, 2.05) is 6.92 Å². The predicted molar refractivity (Wildman–Crippen MR) is 94.7 cm³/mol. The zero-order valence-electron chi connectivity index (χ0n) is 14.7. The van der Waals surface area contributed by atoms with Gasteiger partial charge < -0.3 is 10.2 Å². The first-order chi connectivity index (χ1) is 11.9. The second kappa shape index (κ2) is 8.44. The van der Waals surface area contributed by atoms with Gasteiger partial charge in [0.2, 0.25) is 15.9 Å². The number of carbonyl (C=O) groups is 2. The van der Waals surface area contributed by atoms with Crippen LogP contribution < -0.4 is 5.32 Å². The molecular formula is C17H25N3O4S. The van der Waals surface area contributed by atoms with Crippen molar-refractivity contribution in [1.29, 1.82) is 0 Å². The molecular weight excluding hydrogens is 342 g/mol. The van der Waals surface area contributed by atoms with E-state index in [0.29, 0.717) is 25.2 Å².